The van der Waals surface area contributed by atoms with Crippen molar-refractivity contribution in [3.05, 3.63) is 82.0 Å². The summed E-state index contributed by atoms with van der Waals surface area (Å²) in [5.41, 5.74) is 2.46. The van der Waals surface area contributed by atoms with E-state index in [0.717, 1.165) is 67.4 Å². The molecule has 0 spiro atoms. The van der Waals surface area contributed by atoms with Gasteiger partial charge in [0, 0.05) is 30.9 Å². The summed E-state index contributed by atoms with van der Waals surface area (Å²) in [5, 5.41) is 8.14. The number of hydrogen-bond acceptors (Lipinski definition) is 7. The molecule has 7 nitrogen and oxygen atoms in total. The Kier molecular flexibility index (Phi) is 7.87. The first kappa shape index (κ1) is 23.2. The lowest BCUT2D eigenvalue weighted by Gasteiger charge is -2.26. The van der Waals surface area contributed by atoms with Crippen molar-refractivity contribution in [3.63, 3.8) is 0 Å². The quantitative estimate of drug-likeness (QED) is 0.359. The highest BCUT2D eigenvalue weighted by atomic mass is 32.1. The first-order valence-electron chi connectivity index (χ1n) is 10.9. The van der Waals surface area contributed by atoms with E-state index < -0.39 is 0 Å². The number of nitrogens with zero attached hydrogens (tertiary/aromatic N) is 3. The zero-order chi connectivity index (χ0) is 23.0. The van der Waals surface area contributed by atoms with Gasteiger partial charge in [-0.3, -0.25) is 9.69 Å². The van der Waals surface area contributed by atoms with Crippen LogP contribution in [0.3, 0.4) is 0 Å². The molecule has 1 aliphatic rings. The number of morpholine rings is 1. The molecule has 1 aromatic heterocycles. The third kappa shape index (κ3) is 6.74. The summed E-state index contributed by atoms with van der Waals surface area (Å²) >= 11 is 1.04. The summed E-state index contributed by atoms with van der Waals surface area (Å²) in [6.07, 6.45) is 0.921. The van der Waals surface area contributed by atoms with E-state index in [1.54, 1.807) is 12.1 Å². The molecule has 2 aromatic carbocycles. The minimum absolute atomic E-state index is 0.166. The molecule has 1 fully saturated rings. The lowest BCUT2D eigenvalue weighted by atomic mass is 10.2. The van der Waals surface area contributed by atoms with Crippen LogP contribution in [0.1, 0.15) is 12.0 Å². The summed E-state index contributed by atoms with van der Waals surface area (Å²) in [5.74, 6) is 0.163. The molecule has 0 atom stereocenters. The van der Waals surface area contributed by atoms with Gasteiger partial charge < -0.3 is 14.8 Å². The van der Waals surface area contributed by atoms with Gasteiger partial charge in [-0.1, -0.05) is 23.5 Å². The van der Waals surface area contributed by atoms with Crippen molar-refractivity contribution >= 4 is 17.0 Å². The molecule has 3 aromatic rings. The maximum absolute atomic E-state index is 13.2. The molecule has 0 radical (unpaired) electrons. The van der Waals surface area contributed by atoms with Crippen molar-refractivity contribution in [1.29, 1.82) is 0 Å². The Morgan fingerprint density at radius 1 is 1.21 bits per heavy atom. The van der Waals surface area contributed by atoms with Gasteiger partial charge in [0.2, 0.25) is 0 Å². The lowest BCUT2D eigenvalue weighted by Crippen LogP contribution is -2.37. The molecule has 1 aliphatic heterocycles. The zero-order valence-corrected chi connectivity index (χ0v) is 19.2. The topological polar surface area (TPSA) is 68.6 Å². The van der Waals surface area contributed by atoms with E-state index in [4.69, 9.17) is 9.47 Å². The molecule has 33 heavy (non-hydrogen) atoms. The largest absolute Gasteiger partial charge is 0.479 e. The minimum Gasteiger partial charge on any atom is -0.479 e. The molecule has 1 N–H and O–H groups in total. The molecule has 0 amide bonds. The van der Waals surface area contributed by atoms with Crippen molar-refractivity contribution in [2.24, 2.45) is 0 Å². The number of ether oxygens (including phenoxy) is 2. The highest BCUT2D eigenvalue weighted by molar-refractivity contribution is 7.12. The van der Waals surface area contributed by atoms with Gasteiger partial charge in [-0.15, -0.1) is 0 Å². The zero-order valence-electron chi connectivity index (χ0n) is 18.3. The Morgan fingerprint density at radius 3 is 2.79 bits per heavy atom. The van der Waals surface area contributed by atoms with Gasteiger partial charge in [-0.05, 0) is 55.0 Å². The highest BCUT2D eigenvalue weighted by Crippen LogP contribution is 2.20. The Hall–Kier alpha value is -3.01. The third-order valence-corrected chi connectivity index (χ3v) is 6.14. The van der Waals surface area contributed by atoms with Crippen molar-refractivity contribution < 1.29 is 13.9 Å². The van der Waals surface area contributed by atoms with Crippen LogP contribution in [0.2, 0.25) is 0 Å². The summed E-state index contributed by atoms with van der Waals surface area (Å²) in [4.78, 5) is 14.6. The maximum Gasteiger partial charge on any atom is 0.325 e. The van der Waals surface area contributed by atoms with E-state index in [1.165, 1.54) is 16.8 Å². The van der Waals surface area contributed by atoms with Crippen molar-refractivity contribution in [2.75, 3.05) is 44.8 Å². The van der Waals surface area contributed by atoms with Gasteiger partial charge in [0.1, 0.15) is 10.8 Å². The Bertz CT molecular complexity index is 1120. The van der Waals surface area contributed by atoms with Gasteiger partial charge in [0.25, 0.3) is 0 Å². The van der Waals surface area contributed by atoms with Crippen LogP contribution in [0.4, 0.5) is 10.1 Å². The van der Waals surface area contributed by atoms with Crippen LogP contribution in [0.15, 0.2) is 65.8 Å². The lowest BCUT2D eigenvalue weighted by molar-refractivity contribution is 0.0345. The van der Waals surface area contributed by atoms with Crippen LogP contribution in [0, 0.1) is 5.82 Å². The van der Waals surface area contributed by atoms with Crippen LogP contribution in [-0.2, 0) is 16.0 Å². The van der Waals surface area contributed by atoms with Gasteiger partial charge in [0.05, 0.1) is 26.4 Å². The fourth-order valence-electron chi connectivity index (χ4n) is 3.54. The van der Waals surface area contributed by atoms with Crippen molar-refractivity contribution in [2.45, 2.75) is 13.0 Å². The van der Waals surface area contributed by atoms with E-state index in [0.29, 0.717) is 24.0 Å². The summed E-state index contributed by atoms with van der Waals surface area (Å²) in [6.45, 7) is 9.38. The van der Waals surface area contributed by atoms with Gasteiger partial charge in [0.15, 0.2) is 5.88 Å². The number of aromatic nitrogens is 2. The standard InChI is InChI=1S/C24H27FN4O3S/c1-18(32-13-3-10-28-11-14-31-15-12-28)26-22-5-2-4-19(16-22)17-29-24(30)33-23(27-29)20-6-8-21(25)9-7-20/h2,4-9,16,26H,1,3,10-15,17H2. The summed E-state index contributed by atoms with van der Waals surface area (Å²) < 4.78 is 25.6. The second kappa shape index (κ2) is 11.2. The number of anilines is 1. The Labute approximate surface area is 196 Å². The number of benzene rings is 2. The molecule has 4 rings (SSSR count). The van der Waals surface area contributed by atoms with Crippen molar-refractivity contribution in [1.82, 2.24) is 14.7 Å². The predicted molar refractivity (Wildman–Crippen MR) is 128 cm³/mol. The minimum atomic E-state index is -0.322. The van der Waals surface area contributed by atoms with Crippen LogP contribution >= 0.6 is 11.3 Å². The van der Waals surface area contributed by atoms with Crippen LogP contribution in [0.5, 0.6) is 0 Å². The average molecular weight is 471 g/mol. The summed E-state index contributed by atoms with van der Waals surface area (Å²) in [6, 6.07) is 13.6. The molecule has 1 saturated heterocycles. The maximum atomic E-state index is 13.2. The average Bonchev–Trinajstić information content (AvgIpc) is 3.18. The molecule has 0 aliphatic carbocycles. The van der Waals surface area contributed by atoms with E-state index in [2.05, 4.69) is 21.9 Å². The Balaban J connectivity index is 1.29. The van der Waals surface area contributed by atoms with E-state index in [1.807, 2.05) is 24.3 Å². The van der Waals surface area contributed by atoms with Gasteiger partial charge in [-0.2, -0.15) is 5.10 Å². The first-order chi connectivity index (χ1) is 16.1. The van der Waals surface area contributed by atoms with E-state index in [9.17, 15) is 9.18 Å². The molecular weight excluding hydrogens is 443 g/mol. The van der Waals surface area contributed by atoms with E-state index >= 15 is 0 Å². The molecule has 2 heterocycles. The number of halogens is 1. The number of rotatable bonds is 10. The fourth-order valence-corrected chi connectivity index (χ4v) is 4.31. The molecule has 0 unspecified atom stereocenters. The van der Waals surface area contributed by atoms with Crippen LogP contribution in [0.25, 0.3) is 10.6 Å². The second-order valence-electron chi connectivity index (χ2n) is 7.74. The fraction of sp³-hybridized carbons (Fsp3) is 0.333. The predicted octanol–water partition coefficient (Wildman–Crippen LogP) is 3.78. The molecule has 0 saturated carbocycles. The number of hydrogen-bond donors (Lipinski definition) is 1. The number of nitrogens with one attached hydrogen (secondary N) is 1. The third-order valence-electron chi connectivity index (χ3n) is 5.24. The Morgan fingerprint density at radius 2 is 2.00 bits per heavy atom. The van der Waals surface area contributed by atoms with Crippen LogP contribution < -0.4 is 10.2 Å². The molecule has 9 heteroatoms. The smallest absolute Gasteiger partial charge is 0.325 e. The normalized spacial score (nSPS) is 14.2. The SMILES string of the molecule is C=C(Nc1cccc(Cn2nc(-c3ccc(F)cc3)sc2=O)c1)OCCCN1CCOCC1. The van der Waals surface area contributed by atoms with Crippen molar-refractivity contribution in [3.8, 4) is 10.6 Å². The van der Waals surface area contributed by atoms with Gasteiger partial charge >= 0.3 is 4.87 Å². The first-order valence-corrected chi connectivity index (χ1v) is 11.7. The monoisotopic (exact) mass is 470 g/mol. The second-order valence-corrected chi connectivity index (χ2v) is 8.68. The molecular formula is C24H27FN4O3S. The molecule has 0 bridgehead atoms. The van der Waals surface area contributed by atoms with Crippen LogP contribution in [-0.4, -0.2) is 54.1 Å². The summed E-state index contributed by atoms with van der Waals surface area (Å²) in [7, 11) is 0. The van der Waals surface area contributed by atoms with E-state index in [-0.39, 0.29) is 10.7 Å². The molecule has 174 valence electrons. The highest BCUT2D eigenvalue weighted by Gasteiger charge is 2.11. The van der Waals surface area contributed by atoms with Gasteiger partial charge in [-0.25, -0.2) is 9.07 Å².